The highest BCUT2D eigenvalue weighted by atomic mass is 35.5. The molecule has 22 heavy (non-hydrogen) atoms. The molecule has 116 valence electrons. The predicted molar refractivity (Wildman–Crippen MR) is 91.0 cm³/mol. The van der Waals surface area contributed by atoms with Gasteiger partial charge in [-0.2, -0.15) is 0 Å². The number of hydrogen-bond donors (Lipinski definition) is 1. The van der Waals surface area contributed by atoms with Crippen LogP contribution in [0.4, 0.5) is 5.69 Å². The summed E-state index contributed by atoms with van der Waals surface area (Å²) in [6.07, 6.45) is 0.324. The van der Waals surface area contributed by atoms with Crippen LogP contribution in [0.5, 0.6) is 5.75 Å². The number of amides is 1. The van der Waals surface area contributed by atoms with Crippen LogP contribution in [0.1, 0.15) is 19.4 Å². The number of nitrogens with one attached hydrogen (secondary N) is 1. The number of aryl methyl sites for hydroxylation is 1. The van der Waals surface area contributed by atoms with Gasteiger partial charge in [-0.05, 0) is 49.2 Å². The summed E-state index contributed by atoms with van der Waals surface area (Å²) in [6.45, 7) is 3.77. The van der Waals surface area contributed by atoms with Crippen molar-refractivity contribution in [2.24, 2.45) is 0 Å². The molecule has 0 saturated carbocycles. The van der Waals surface area contributed by atoms with Crippen molar-refractivity contribution in [2.75, 3.05) is 5.32 Å². The highest BCUT2D eigenvalue weighted by molar-refractivity contribution is 6.36. The highest BCUT2D eigenvalue weighted by Gasteiger charge is 2.16. The van der Waals surface area contributed by atoms with Gasteiger partial charge in [0.05, 0.1) is 10.7 Å². The maximum atomic E-state index is 12.1. The lowest BCUT2D eigenvalue weighted by Crippen LogP contribution is -2.30. The minimum Gasteiger partial charge on any atom is -0.481 e. The van der Waals surface area contributed by atoms with Crippen LogP contribution in [0.3, 0.4) is 0 Å². The third-order valence-corrected chi connectivity index (χ3v) is 3.75. The molecule has 3 nitrogen and oxygen atoms in total. The fourth-order valence-electron chi connectivity index (χ4n) is 1.89. The predicted octanol–water partition coefficient (Wildman–Crippen LogP) is 4.96. The number of ether oxygens (including phenoxy) is 1. The van der Waals surface area contributed by atoms with E-state index in [2.05, 4.69) is 12.2 Å². The van der Waals surface area contributed by atoms with Gasteiger partial charge in [-0.3, -0.25) is 4.79 Å². The van der Waals surface area contributed by atoms with E-state index in [1.54, 1.807) is 25.1 Å². The Hall–Kier alpha value is -1.71. The first-order chi connectivity index (χ1) is 10.5. The summed E-state index contributed by atoms with van der Waals surface area (Å²) in [6, 6.07) is 12.6. The molecular weight excluding hydrogens is 321 g/mol. The molecule has 0 aliphatic heterocycles. The number of carbonyl (C=O) groups is 1. The molecule has 1 atom stereocenters. The summed E-state index contributed by atoms with van der Waals surface area (Å²) in [5, 5.41) is 3.63. The Bertz CT molecular complexity index is 656. The van der Waals surface area contributed by atoms with Gasteiger partial charge in [-0.1, -0.05) is 42.3 Å². The van der Waals surface area contributed by atoms with E-state index in [4.69, 9.17) is 27.9 Å². The minimum atomic E-state index is -0.640. The molecular formula is C17H17Cl2NO2. The molecule has 2 aromatic carbocycles. The second-order valence-electron chi connectivity index (χ2n) is 4.87. The summed E-state index contributed by atoms with van der Waals surface area (Å²) < 4.78 is 5.63. The number of hydrogen-bond acceptors (Lipinski definition) is 2. The Morgan fingerprint density at radius 1 is 1.18 bits per heavy atom. The van der Waals surface area contributed by atoms with Gasteiger partial charge in [0, 0.05) is 5.02 Å². The van der Waals surface area contributed by atoms with Gasteiger partial charge < -0.3 is 10.1 Å². The first-order valence-electron chi connectivity index (χ1n) is 7.01. The van der Waals surface area contributed by atoms with Gasteiger partial charge in [0.15, 0.2) is 6.10 Å². The van der Waals surface area contributed by atoms with Crippen LogP contribution in [0.2, 0.25) is 10.0 Å². The lowest BCUT2D eigenvalue weighted by molar-refractivity contribution is -0.122. The molecule has 0 saturated heterocycles. The molecule has 0 heterocycles. The van der Waals surface area contributed by atoms with Crippen LogP contribution in [0, 0.1) is 0 Å². The van der Waals surface area contributed by atoms with Gasteiger partial charge >= 0.3 is 0 Å². The Balaban J connectivity index is 1.99. The summed E-state index contributed by atoms with van der Waals surface area (Å²) >= 11 is 11.9. The Morgan fingerprint density at radius 2 is 1.86 bits per heavy atom. The number of halogens is 2. The quantitative estimate of drug-likeness (QED) is 0.837. The van der Waals surface area contributed by atoms with E-state index in [0.29, 0.717) is 21.5 Å². The van der Waals surface area contributed by atoms with Crippen LogP contribution < -0.4 is 10.1 Å². The van der Waals surface area contributed by atoms with E-state index < -0.39 is 6.10 Å². The average molecular weight is 338 g/mol. The molecule has 0 spiro atoms. The Morgan fingerprint density at radius 3 is 2.45 bits per heavy atom. The fraction of sp³-hybridized carbons (Fsp3) is 0.235. The van der Waals surface area contributed by atoms with E-state index in [1.807, 2.05) is 24.3 Å². The third kappa shape index (κ3) is 4.39. The second kappa shape index (κ2) is 7.52. The van der Waals surface area contributed by atoms with Gasteiger partial charge in [-0.15, -0.1) is 0 Å². The summed E-state index contributed by atoms with van der Waals surface area (Å²) in [5.41, 5.74) is 1.73. The third-order valence-electron chi connectivity index (χ3n) is 3.20. The van der Waals surface area contributed by atoms with Crippen molar-refractivity contribution in [3.05, 3.63) is 58.1 Å². The second-order valence-corrected chi connectivity index (χ2v) is 5.71. The lowest BCUT2D eigenvalue weighted by atomic mass is 10.2. The molecule has 1 unspecified atom stereocenters. The summed E-state index contributed by atoms with van der Waals surface area (Å²) in [7, 11) is 0. The first kappa shape index (κ1) is 16.7. The molecule has 0 aliphatic carbocycles. The molecule has 1 amide bonds. The van der Waals surface area contributed by atoms with Crippen molar-refractivity contribution in [2.45, 2.75) is 26.4 Å². The number of benzene rings is 2. The van der Waals surface area contributed by atoms with Crippen molar-refractivity contribution in [1.82, 2.24) is 0 Å². The molecule has 5 heteroatoms. The standard InChI is InChI=1S/C17H17Cl2NO2/c1-3-12-4-7-14(8-5-12)22-11(2)17(21)20-16-9-6-13(18)10-15(16)19/h4-11H,3H2,1-2H3,(H,20,21). The average Bonchev–Trinajstić information content (AvgIpc) is 2.50. The van der Waals surface area contributed by atoms with Crippen LogP contribution in [0.15, 0.2) is 42.5 Å². The molecule has 0 aliphatic rings. The van der Waals surface area contributed by atoms with Gasteiger partial charge in [0.2, 0.25) is 0 Å². The zero-order valence-corrected chi connectivity index (χ0v) is 13.9. The smallest absolute Gasteiger partial charge is 0.265 e. The highest BCUT2D eigenvalue weighted by Crippen LogP contribution is 2.25. The largest absolute Gasteiger partial charge is 0.481 e. The van der Waals surface area contributed by atoms with Crippen LogP contribution in [-0.4, -0.2) is 12.0 Å². The van der Waals surface area contributed by atoms with E-state index in [9.17, 15) is 4.79 Å². The van der Waals surface area contributed by atoms with Crippen LogP contribution in [-0.2, 0) is 11.2 Å². The number of anilines is 1. The van der Waals surface area contributed by atoms with E-state index in [0.717, 1.165) is 6.42 Å². The van der Waals surface area contributed by atoms with Gasteiger partial charge in [-0.25, -0.2) is 0 Å². The van der Waals surface area contributed by atoms with Crippen molar-refractivity contribution in [3.8, 4) is 5.75 Å². The van der Waals surface area contributed by atoms with E-state index in [-0.39, 0.29) is 5.91 Å². The topological polar surface area (TPSA) is 38.3 Å². The molecule has 0 radical (unpaired) electrons. The summed E-state index contributed by atoms with van der Waals surface area (Å²) in [4.78, 5) is 12.1. The maximum absolute atomic E-state index is 12.1. The maximum Gasteiger partial charge on any atom is 0.265 e. The first-order valence-corrected chi connectivity index (χ1v) is 7.76. The minimum absolute atomic E-state index is 0.274. The molecule has 0 bridgehead atoms. The van der Waals surface area contributed by atoms with E-state index in [1.165, 1.54) is 5.56 Å². The zero-order valence-electron chi connectivity index (χ0n) is 12.4. The molecule has 1 N–H and O–H groups in total. The fourth-order valence-corrected chi connectivity index (χ4v) is 2.34. The van der Waals surface area contributed by atoms with Crippen molar-refractivity contribution in [3.63, 3.8) is 0 Å². The number of carbonyl (C=O) groups excluding carboxylic acids is 1. The lowest BCUT2D eigenvalue weighted by Gasteiger charge is -2.15. The normalized spacial score (nSPS) is 11.8. The SMILES string of the molecule is CCc1ccc(OC(C)C(=O)Nc2ccc(Cl)cc2Cl)cc1. The van der Waals surface area contributed by atoms with Crippen molar-refractivity contribution < 1.29 is 9.53 Å². The molecule has 2 aromatic rings. The van der Waals surface area contributed by atoms with Crippen molar-refractivity contribution >= 4 is 34.8 Å². The Labute approximate surface area is 140 Å². The zero-order chi connectivity index (χ0) is 16.1. The molecule has 0 fully saturated rings. The van der Waals surface area contributed by atoms with Crippen molar-refractivity contribution in [1.29, 1.82) is 0 Å². The molecule has 2 rings (SSSR count). The Kier molecular flexibility index (Phi) is 5.69. The molecule has 0 aromatic heterocycles. The summed E-state index contributed by atoms with van der Waals surface area (Å²) in [5.74, 6) is 0.380. The number of rotatable bonds is 5. The van der Waals surface area contributed by atoms with E-state index >= 15 is 0 Å². The van der Waals surface area contributed by atoms with Crippen LogP contribution >= 0.6 is 23.2 Å². The van der Waals surface area contributed by atoms with Crippen LogP contribution in [0.25, 0.3) is 0 Å². The van der Waals surface area contributed by atoms with Gasteiger partial charge in [0.25, 0.3) is 5.91 Å². The van der Waals surface area contributed by atoms with Gasteiger partial charge in [0.1, 0.15) is 5.75 Å². The monoisotopic (exact) mass is 337 g/mol.